The number of ketones is 1. The van der Waals surface area contributed by atoms with Gasteiger partial charge in [0.15, 0.2) is 15.6 Å². The van der Waals surface area contributed by atoms with Gasteiger partial charge in [0.1, 0.15) is 16.2 Å². The SMILES string of the molecule is Cc1cc(C(=O)CSc2ncnc3sccc23)c(C)n1[C@@H]1CCS(=O)(=O)C1. The highest BCUT2D eigenvalue weighted by Crippen LogP contribution is 2.31. The third-order valence-corrected chi connectivity index (χ3v) is 8.50. The van der Waals surface area contributed by atoms with Gasteiger partial charge in [-0.25, -0.2) is 18.4 Å². The van der Waals surface area contributed by atoms with Crippen LogP contribution in [0.3, 0.4) is 0 Å². The molecule has 1 saturated heterocycles. The van der Waals surface area contributed by atoms with Crippen molar-refractivity contribution in [2.24, 2.45) is 0 Å². The van der Waals surface area contributed by atoms with Crippen molar-refractivity contribution < 1.29 is 13.2 Å². The molecule has 27 heavy (non-hydrogen) atoms. The number of thioether (sulfide) groups is 1. The standard InChI is InChI=1S/C18H19N3O3S3/c1-11-7-15(12(2)21(11)13-4-6-27(23,24)9-13)16(22)8-26-18-14-3-5-25-17(14)19-10-20-18/h3,5,7,10,13H,4,6,8-9H2,1-2H3/t13-/m1/s1. The topological polar surface area (TPSA) is 81.9 Å². The van der Waals surface area contributed by atoms with E-state index in [2.05, 4.69) is 9.97 Å². The number of nitrogens with zero attached hydrogens (tertiary/aromatic N) is 3. The summed E-state index contributed by atoms with van der Waals surface area (Å²) in [5.41, 5.74) is 2.45. The second-order valence-corrected chi connectivity index (χ2v) is 10.8. The number of fused-ring (bicyclic) bond motifs is 1. The maximum atomic E-state index is 12.8. The van der Waals surface area contributed by atoms with Gasteiger partial charge in [-0.15, -0.1) is 11.3 Å². The van der Waals surface area contributed by atoms with Crippen LogP contribution in [0.15, 0.2) is 28.9 Å². The van der Waals surface area contributed by atoms with E-state index in [1.54, 1.807) is 11.3 Å². The molecule has 3 aromatic rings. The molecule has 0 N–H and O–H groups in total. The van der Waals surface area contributed by atoms with Crippen molar-refractivity contribution >= 4 is 48.9 Å². The maximum absolute atomic E-state index is 12.8. The summed E-state index contributed by atoms with van der Waals surface area (Å²) in [5, 5.41) is 3.75. The molecule has 0 amide bonds. The molecular weight excluding hydrogens is 402 g/mol. The number of hydrogen-bond donors (Lipinski definition) is 0. The normalized spacial score (nSPS) is 19.0. The van der Waals surface area contributed by atoms with Gasteiger partial charge in [-0.2, -0.15) is 0 Å². The van der Waals surface area contributed by atoms with Gasteiger partial charge in [-0.1, -0.05) is 11.8 Å². The van der Waals surface area contributed by atoms with Crippen LogP contribution in [0.4, 0.5) is 0 Å². The van der Waals surface area contributed by atoms with Crippen LogP contribution in [-0.4, -0.2) is 46.0 Å². The first-order chi connectivity index (χ1) is 12.9. The van der Waals surface area contributed by atoms with Gasteiger partial charge in [-0.05, 0) is 37.8 Å². The number of thiophene rings is 1. The van der Waals surface area contributed by atoms with Crippen LogP contribution in [0.2, 0.25) is 0 Å². The van der Waals surface area contributed by atoms with Crippen LogP contribution in [-0.2, 0) is 9.84 Å². The van der Waals surface area contributed by atoms with E-state index in [1.165, 1.54) is 18.1 Å². The predicted molar refractivity (Wildman–Crippen MR) is 109 cm³/mol. The number of Topliss-reactive ketones (excluding diaryl/α,β-unsaturated/α-hetero) is 1. The van der Waals surface area contributed by atoms with Gasteiger partial charge >= 0.3 is 0 Å². The van der Waals surface area contributed by atoms with Crippen LogP contribution >= 0.6 is 23.1 Å². The smallest absolute Gasteiger partial charge is 0.174 e. The number of sulfone groups is 1. The summed E-state index contributed by atoms with van der Waals surface area (Å²) < 4.78 is 25.7. The van der Waals surface area contributed by atoms with Crippen molar-refractivity contribution in [1.29, 1.82) is 0 Å². The Morgan fingerprint density at radius 3 is 2.93 bits per heavy atom. The average molecular weight is 422 g/mol. The number of carbonyl (C=O) groups excluding carboxylic acids is 1. The lowest BCUT2D eigenvalue weighted by molar-refractivity contribution is 0.102. The van der Waals surface area contributed by atoms with Gasteiger partial charge in [0, 0.05) is 28.4 Å². The monoisotopic (exact) mass is 421 g/mol. The fraction of sp³-hybridized carbons (Fsp3) is 0.389. The van der Waals surface area contributed by atoms with E-state index in [0.717, 1.165) is 26.6 Å². The Labute approximate surface area is 165 Å². The molecule has 1 aliphatic heterocycles. The van der Waals surface area contributed by atoms with E-state index in [0.29, 0.717) is 12.0 Å². The molecule has 9 heteroatoms. The Kier molecular flexibility index (Phi) is 4.85. The Morgan fingerprint density at radius 1 is 1.37 bits per heavy atom. The maximum Gasteiger partial charge on any atom is 0.174 e. The zero-order chi connectivity index (χ0) is 19.2. The molecule has 142 valence electrons. The highest BCUT2D eigenvalue weighted by atomic mass is 32.2. The van der Waals surface area contributed by atoms with E-state index >= 15 is 0 Å². The molecule has 0 aromatic carbocycles. The lowest BCUT2D eigenvalue weighted by Crippen LogP contribution is -2.14. The lowest BCUT2D eigenvalue weighted by Gasteiger charge is -2.16. The van der Waals surface area contributed by atoms with Crippen molar-refractivity contribution in [2.75, 3.05) is 17.3 Å². The first kappa shape index (κ1) is 18.6. The number of rotatable bonds is 5. The zero-order valence-electron chi connectivity index (χ0n) is 15.0. The summed E-state index contributed by atoms with van der Waals surface area (Å²) in [5.74, 6) is 0.693. The molecule has 0 spiro atoms. The van der Waals surface area contributed by atoms with Crippen molar-refractivity contribution in [1.82, 2.24) is 14.5 Å². The Balaban J connectivity index is 1.54. The molecule has 0 saturated carbocycles. The summed E-state index contributed by atoms with van der Waals surface area (Å²) in [7, 11) is -2.97. The molecule has 0 radical (unpaired) electrons. The molecule has 1 fully saturated rings. The molecule has 6 nitrogen and oxygen atoms in total. The van der Waals surface area contributed by atoms with Crippen LogP contribution < -0.4 is 0 Å². The highest BCUT2D eigenvalue weighted by molar-refractivity contribution is 8.00. The second-order valence-electron chi connectivity index (χ2n) is 6.74. The molecule has 0 unspecified atom stereocenters. The minimum atomic E-state index is -2.97. The Hall–Kier alpha value is -1.71. The number of aryl methyl sites for hydroxylation is 1. The quantitative estimate of drug-likeness (QED) is 0.357. The molecule has 4 rings (SSSR count). The lowest BCUT2D eigenvalue weighted by atomic mass is 10.2. The Morgan fingerprint density at radius 2 is 2.19 bits per heavy atom. The van der Waals surface area contributed by atoms with Crippen LogP contribution in [0.1, 0.15) is 34.2 Å². The summed E-state index contributed by atoms with van der Waals surface area (Å²) in [6.45, 7) is 3.83. The minimum absolute atomic E-state index is 0.0298. The number of aromatic nitrogens is 3. The van der Waals surface area contributed by atoms with Gasteiger partial charge < -0.3 is 4.57 Å². The molecule has 1 aliphatic rings. The van der Waals surface area contributed by atoms with Gasteiger partial charge in [0.25, 0.3) is 0 Å². The molecule has 1 atom stereocenters. The fourth-order valence-corrected chi connectivity index (χ4v) is 7.06. The van der Waals surface area contributed by atoms with Crippen LogP contribution in [0, 0.1) is 13.8 Å². The van der Waals surface area contributed by atoms with E-state index in [-0.39, 0.29) is 29.1 Å². The van der Waals surface area contributed by atoms with Gasteiger partial charge in [0.05, 0.1) is 17.3 Å². The average Bonchev–Trinajstić information content (AvgIpc) is 3.30. The molecule has 0 aliphatic carbocycles. The number of hydrogen-bond acceptors (Lipinski definition) is 7. The fourth-order valence-electron chi connectivity index (χ4n) is 3.69. The van der Waals surface area contributed by atoms with Crippen LogP contribution in [0.25, 0.3) is 10.2 Å². The molecule has 0 bridgehead atoms. The second kappa shape index (κ2) is 7.03. The molecule has 3 aromatic heterocycles. The van der Waals surface area contributed by atoms with Crippen molar-refractivity contribution in [3.8, 4) is 0 Å². The Bertz CT molecular complexity index is 1130. The summed E-state index contributed by atoms with van der Waals surface area (Å²) in [6, 6.07) is 3.78. The number of carbonyl (C=O) groups is 1. The predicted octanol–water partition coefficient (Wildman–Crippen LogP) is 3.44. The van der Waals surface area contributed by atoms with E-state index in [9.17, 15) is 13.2 Å². The van der Waals surface area contributed by atoms with Gasteiger partial charge in [0.2, 0.25) is 0 Å². The van der Waals surface area contributed by atoms with Gasteiger partial charge in [-0.3, -0.25) is 4.79 Å². The third kappa shape index (κ3) is 3.55. The molecular formula is C18H19N3O3S3. The largest absolute Gasteiger partial charge is 0.344 e. The summed E-state index contributed by atoms with van der Waals surface area (Å²) >= 11 is 2.97. The van der Waals surface area contributed by atoms with Crippen molar-refractivity contribution in [3.05, 3.63) is 40.8 Å². The van der Waals surface area contributed by atoms with Crippen molar-refractivity contribution in [3.63, 3.8) is 0 Å². The zero-order valence-corrected chi connectivity index (χ0v) is 17.5. The summed E-state index contributed by atoms with van der Waals surface area (Å²) in [6.07, 6.45) is 2.14. The molecule has 4 heterocycles. The van der Waals surface area contributed by atoms with Crippen LogP contribution in [0.5, 0.6) is 0 Å². The van der Waals surface area contributed by atoms with E-state index < -0.39 is 9.84 Å². The minimum Gasteiger partial charge on any atom is -0.344 e. The first-order valence-corrected chi connectivity index (χ1v) is 12.3. The van der Waals surface area contributed by atoms with E-state index in [4.69, 9.17) is 0 Å². The highest BCUT2D eigenvalue weighted by Gasteiger charge is 2.31. The first-order valence-electron chi connectivity index (χ1n) is 8.59. The van der Waals surface area contributed by atoms with E-state index in [1.807, 2.05) is 35.9 Å². The summed E-state index contributed by atoms with van der Waals surface area (Å²) in [4.78, 5) is 22.3. The third-order valence-electron chi connectivity index (χ3n) is 4.92. The van der Waals surface area contributed by atoms with Crippen molar-refractivity contribution in [2.45, 2.75) is 31.3 Å².